The molecule has 1 heterocycles. The normalized spacial score (nSPS) is 11.9. The number of ether oxygens (including phenoxy) is 2. The third-order valence-corrected chi connectivity index (χ3v) is 6.92. The number of esters is 1. The molecule has 1 N–H and O–H groups in total. The van der Waals surface area contributed by atoms with Gasteiger partial charge in [0.15, 0.2) is 0 Å². The monoisotopic (exact) mass is 632 g/mol. The zero-order valence-electron chi connectivity index (χ0n) is 24.9. The summed E-state index contributed by atoms with van der Waals surface area (Å²) < 4.78 is 49.9. The van der Waals surface area contributed by atoms with Gasteiger partial charge in [0.2, 0.25) is 5.88 Å². The summed E-state index contributed by atoms with van der Waals surface area (Å²) in [6, 6.07) is 13.9. The first-order chi connectivity index (χ1) is 19.9. The van der Waals surface area contributed by atoms with Gasteiger partial charge in [-0.2, -0.15) is 13.2 Å². The van der Waals surface area contributed by atoms with E-state index in [4.69, 9.17) is 21.7 Å². The Morgan fingerprint density at radius 3 is 2.33 bits per heavy atom. The fourth-order valence-electron chi connectivity index (χ4n) is 3.77. The summed E-state index contributed by atoms with van der Waals surface area (Å²) in [5, 5.41) is 3.03. The standard InChI is InChI=1S/C31H35F3N4O3S2/c1-20(37-21(2)42)17-38(18-22-11-13-25(14-12-22)43-30(6,7)28(39)41-29(3,4)5)26-16-27(36-19-35-26)40-24-10-8-9-23(15-24)31(32,33)34/h8-16,19H,1,17-18H2,2-7H3,(H,37,42). The van der Waals surface area contributed by atoms with E-state index >= 15 is 0 Å². The predicted octanol–water partition coefficient (Wildman–Crippen LogP) is 7.96. The van der Waals surface area contributed by atoms with E-state index in [0.29, 0.717) is 29.6 Å². The Morgan fingerprint density at radius 2 is 1.72 bits per heavy atom. The van der Waals surface area contributed by atoms with Crippen LogP contribution in [0.1, 0.15) is 52.7 Å². The molecule has 0 aliphatic rings. The molecule has 2 aromatic carbocycles. The van der Waals surface area contributed by atoms with Gasteiger partial charge in [0.1, 0.15) is 28.2 Å². The van der Waals surface area contributed by atoms with Gasteiger partial charge < -0.3 is 19.7 Å². The second-order valence-electron chi connectivity index (χ2n) is 11.2. The molecule has 1 aromatic heterocycles. The zero-order chi connectivity index (χ0) is 32.0. The van der Waals surface area contributed by atoms with Gasteiger partial charge >= 0.3 is 12.1 Å². The zero-order valence-corrected chi connectivity index (χ0v) is 26.5. The fraction of sp³-hybridized carbons (Fsp3) is 0.355. The van der Waals surface area contributed by atoms with Crippen molar-refractivity contribution in [1.82, 2.24) is 15.3 Å². The van der Waals surface area contributed by atoms with Crippen molar-refractivity contribution in [2.24, 2.45) is 0 Å². The molecule has 0 spiro atoms. The van der Waals surface area contributed by atoms with Gasteiger partial charge in [0, 0.05) is 23.2 Å². The Hall–Kier alpha value is -3.64. The third kappa shape index (κ3) is 10.9. The van der Waals surface area contributed by atoms with Gasteiger partial charge in [-0.3, -0.25) is 4.79 Å². The number of nitrogens with one attached hydrogen (secondary N) is 1. The summed E-state index contributed by atoms with van der Waals surface area (Å²) in [7, 11) is 0. The Balaban J connectivity index is 1.81. The summed E-state index contributed by atoms with van der Waals surface area (Å²) in [6.07, 6.45) is -3.22. The molecule has 0 aliphatic heterocycles. The first-order valence-electron chi connectivity index (χ1n) is 13.3. The van der Waals surface area contributed by atoms with Crippen LogP contribution in [0.15, 0.2) is 78.1 Å². The number of benzene rings is 2. The van der Waals surface area contributed by atoms with Crippen molar-refractivity contribution in [3.05, 3.63) is 84.3 Å². The van der Waals surface area contributed by atoms with Crippen molar-refractivity contribution in [1.29, 1.82) is 0 Å². The number of aromatic nitrogens is 2. The number of anilines is 1. The molecule has 3 aromatic rings. The van der Waals surface area contributed by atoms with Crippen molar-refractivity contribution in [3.8, 4) is 11.6 Å². The molecular weight excluding hydrogens is 597 g/mol. The maximum absolute atomic E-state index is 13.2. The molecule has 0 saturated heterocycles. The molecule has 0 aliphatic carbocycles. The molecule has 230 valence electrons. The average Bonchev–Trinajstić information content (AvgIpc) is 2.87. The van der Waals surface area contributed by atoms with E-state index in [-0.39, 0.29) is 17.6 Å². The van der Waals surface area contributed by atoms with Crippen LogP contribution < -0.4 is 15.0 Å². The number of hydrogen-bond donors (Lipinski definition) is 1. The van der Waals surface area contributed by atoms with E-state index in [0.717, 1.165) is 22.6 Å². The minimum Gasteiger partial charge on any atom is -0.459 e. The van der Waals surface area contributed by atoms with Gasteiger partial charge in [-0.05, 0) is 77.4 Å². The molecule has 3 rings (SSSR count). The van der Waals surface area contributed by atoms with Crippen molar-refractivity contribution >= 4 is 40.8 Å². The first-order valence-corrected chi connectivity index (χ1v) is 14.5. The predicted molar refractivity (Wildman–Crippen MR) is 167 cm³/mol. The highest BCUT2D eigenvalue weighted by Gasteiger charge is 2.34. The number of carbonyl (C=O) groups excluding carboxylic acids is 1. The van der Waals surface area contributed by atoms with E-state index in [9.17, 15) is 18.0 Å². The maximum atomic E-state index is 13.2. The topological polar surface area (TPSA) is 76.6 Å². The van der Waals surface area contributed by atoms with Gasteiger partial charge in [-0.25, -0.2) is 9.97 Å². The fourth-order valence-corrected chi connectivity index (χ4v) is 4.90. The van der Waals surface area contributed by atoms with Crippen LogP contribution in [0, 0.1) is 0 Å². The van der Waals surface area contributed by atoms with E-state index in [1.54, 1.807) is 13.0 Å². The van der Waals surface area contributed by atoms with E-state index in [2.05, 4.69) is 21.9 Å². The Morgan fingerprint density at radius 1 is 1.05 bits per heavy atom. The molecule has 0 unspecified atom stereocenters. The largest absolute Gasteiger partial charge is 0.459 e. The summed E-state index contributed by atoms with van der Waals surface area (Å²) in [6.45, 7) is 15.7. The van der Waals surface area contributed by atoms with Gasteiger partial charge in [0.25, 0.3) is 0 Å². The number of halogens is 3. The molecule has 0 fully saturated rings. The Bertz CT molecular complexity index is 1460. The molecule has 0 amide bonds. The average molecular weight is 633 g/mol. The van der Waals surface area contributed by atoms with Crippen molar-refractivity contribution in [3.63, 3.8) is 0 Å². The maximum Gasteiger partial charge on any atom is 0.416 e. The number of hydrogen-bond acceptors (Lipinski definition) is 8. The molecule has 43 heavy (non-hydrogen) atoms. The number of thioether (sulfide) groups is 1. The minimum absolute atomic E-state index is 0.00386. The van der Waals surface area contributed by atoms with E-state index in [1.807, 2.05) is 63.8 Å². The minimum atomic E-state index is -4.50. The second-order valence-corrected chi connectivity index (χ2v) is 13.5. The molecule has 0 bridgehead atoms. The van der Waals surface area contributed by atoms with E-state index < -0.39 is 22.1 Å². The molecule has 7 nitrogen and oxygen atoms in total. The summed E-state index contributed by atoms with van der Waals surface area (Å²) in [5.41, 5.74) is 0.152. The van der Waals surface area contributed by atoms with Crippen molar-refractivity contribution in [2.75, 3.05) is 11.4 Å². The lowest BCUT2D eigenvalue weighted by molar-refractivity contribution is -0.156. The van der Waals surface area contributed by atoms with Gasteiger partial charge in [-0.1, -0.05) is 37.0 Å². The SMILES string of the molecule is C=C(CN(Cc1ccc(SC(C)(C)C(=O)OC(C)(C)C)cc1)c1cc(Oc2cccc(C(F)(F)F)c2)ncn1)NC(C)=S. The lowest BCUT2D eigenvalue weighted by Crippen LogP contribution is -2.36. The second kappa shape index (κ2) is 13.8. The Labute approximate surface area is 259 Å². The number of thiocarbonyl (C=S) groups is 1. The highest BCUT2D eigenvalue weighted by molar-refractivity contribution is 8.01. The molecule has 0 radical (unpaired) electrons. The highest BCUT2D eigenvalue weighted by Crippen LogP contribution is 2.35. The van der Waals surface area contributed by atoms with Gasteiger partial charge in [-0.15, -0.1) is 11.8 Å². The number of alkyl halides is 3. The lowest BCUT2D eigenvalue weighted by atomic mass is 10.1. The quantitative estimate of drug-likeness (QED) is 0.129. The van der Waals surface area contributed by atoms with Crippen molar-refractivity contribution < 1.29 is 27.4 Å². The van der Waals surface area contributed by atoms with Gasteiger partial charge in [0.05, 0.1) is 17.1 Å². The lowest BCUT2D eigenvalue weighted by Gasteiger charge is -2.28. The van der Waals surface area contributed by atoms with Crippen LogP contribution in [0.2, 0.25) is 0 Å². The van der Waals surface area contributed by atoms with Crippen LogP contribution in [0.5, 0.6) is 11.6 Å². The third-order valence-electron chi connectivity index (χ3n) is 5.63. The molecular formula is C31H35F3N4O3S2. The van der Waals surface area contributed by atoms with Crippen LogP contribution in [-0.2, 0) is 22.3 Å². The smallest absolute Gasteiger partial charge is 0.416 e. The van der Waals surface area contributed by atoms with Crippen LogP contribution in [0.3, 0.4) is 0 Å². The van der Waals surface area contributed by atoms with Crippen LogP contribution in [0.4, 0.5) is 19.0 Å². The van der Waals surface area contributed by atoms with Crippen LogP contribution in [-0.4, -0.2) is 37.8 Å². The first kappa shape index (κ1) is 33.9. The molecule has 12 heteroatoms. The number of nitrogens with zero attached hydrogens (tertiary/aromatic N) is 3. The van der Waals surface area contributed by atoms with Crippen LogP contribution >= 0.6 is 24.0 Å². The summed E-state index contributed by atoms with van der Waals surface area (Å²) >= 11 is 6.56. The summed E-state index contributed by atoms with van der Waals surface area (Å²) in [5.74, 6) is 0.240. The number of rotatable bonds is 11. The van der Waals surface area contributed by atoms with Crippen molar-refractivity contribution in [2.45, 2.75) is 69.5 Å². The van der Waals surface area contributed by atoms with Crippen LogP contribution in [0.25, 0.3) is 0 Å². The molecule has 0 saturated carbocycles. The number of carbonyl (C=O) groups is 1. The Kier molecular flexibility index (Phi) is 10.8. The molecule has 0 atom stereocenters. The highest BCUT2D eigenvalue weighted by atomic mass is 32.2. The van der Waals surface area contributed by atoms with E-state index in [1.165, 1.54) is 30.2 Å². The summed E-state index contributed by atoms with van der Waals surface area (Å²) in [4.78, 5) is 24.5.